The molecular weight excluding hydrogens is 273 g/mol. The molecule has 7 heteroatoms. The highest BCUT2D eigenvalue weighted by Gasteiger charge is 2.13. The third-order valence-corrected chi connectivity index (χ3v) is 3.82. The Bertz CT molecular complexity index is 562. The third kappa shape index (κ3) is 2.31. The predicted octanol–water partition coefficient (Wildman–Crippen LogP) is 1.60. The van der Waals surface area contributed by atoms with Crippen LogP contribution in [-0.4, -0.2) is 46.1 Å². The van der Waals surface area contributed by atoms with Crippen LogP contribution in [0, 0.1) is 0 Å². The van der Waals surface area contributed by atoms with E-state index < -0.39 is 0 Å². The molecule has 3 rings (SSSR count). The molecule has 2 aromatic rings. The van der Waals surface area contributed by atoms with Crippen molar-refractivity contribution in [1.82, 2.24) is 25.2 Å². The van der Waals surface area contributed by atoms with Crippen LogP contribution in [0.25, 0.3) is 11.0 Å². The first-order valence-electron chi connectivity index (χ1n) is 5.85. The van der Waals surface area contributed by atoms with Crippen molar-refractivity contribution in [3.63, 3.8) is 0 Å². The van der Waals surface area contributed by atoms with E-state index >= 15 is 0 Å². The Morgan fingerprint density at radius 3 is 2.67 bits per heavy atom. The Hall–Kier alpha value is -0.880. The van der Waals surface area contributed by atoms with Crippen molar-refractivity contribution in [2.45, 2.75) is 6.67 Å². The van der Waals surface area contributed by atoms with Crippen LogP contribution in [0.15, 0.2) is 12.1 Å². The minimum Gasteiger partial charge on any atom is -0.314 e. The molecule has 0 bridgehead atoms. The average molecular weight is 286 g/mol. The summed E-state index contributed by atoms with van der Waals surface area (Å²) in [6, 6.07) is 3.57. The molecule has 5 nitrogen and oxygen atoms in total. The molecule has 0 saturated carbocycles. The zero-order chi connectivity index (χ0) is 12.5. The van der Waals surface area contributed by atoms with Crippen LogP contribution < -0.4 is 5.32 Å². The normalized spacial score (nSPS) is 17.4. The fourth-order valence-electron chi connectivity index (χ4n) is 2.11. The maximum atomic E-state index is 6.03. The van der Waals surface area contributed by atoms with Crippen molar-refractivity contribution in [3.05, 3.63) is 22.2 Å². The fraction of sp³-hybridized carbons (Fsp3) is 0.455. The summed E-state index contributed by atoms with van der Waals surface area (Å²) in [7, 11) is 0. The molecule has 0 radical (unpaired) electrons. The van der Waals surface area contributed by atoms with E-state index in [2.05, 4.69) is 20.5 Å². The summed E-state index contributed by atoms with van der Waals surface area (Å²) >= 11 is 12.0. The van der Waals surface area contributed by atoms with Gasteiger partial charge in [0.05, 0.1) is 22.2 Å². The number of fused-ring (bicyclic) bond motifs is 1. The Morgan fingerprint density at radius 1 is 1.17 bits per heavy atom. The second kappa shape index (κ2) is 5.01. The van der Waals surface area contributed by atoms with Crippen LogP contribution in [0.5, 0.6) is 0 Å². The predicted molar refractivity (Wildman–Crippen MR) is 72.0 cm³/mol. The molecule has 1 aliphatic heterocycles. The standard InChI is InChI=1S/C11H13Cl2N5/c12-8-5-10-11(6-9(8)13)18(16-15-10)7-17-3-1-14-2-4-17/h5-6,14H,1-4,7H2. The van der Waals surface area contributed by atoms with Crippen LogP contribution in [0.4, 0.5) is 0 Å². The molecule has 0 spiro atoms. The smallest absolute Gasteiger partial charge is 0.114 e. The lowest BCUT2D eigenvalue weighted by Crippen LogP contribution is -2.44. The highest BCUT2D eigenvalue weighted by Crippen LogP contribution is 2.26. The van der Waals surface area contributed by atoms with Gasteiger partial charge in [-0.15, -0.1) is 5.10 Å². The molecule has 0 unspecified atom stereocenters. The molecule has 0 atom stereocenters. The van der Waals surface area contributed by atoms with Gasteiger partial charge in [-0.1, -0.05) is 28.4 Å². The minimum absolute atomic E-state index is 0.512. The highest BCUT2D eigenvalue weighted by molar-refractivity contribution is 6.42. The van der Waals surface area contributed by atoms with E-state index in [1.54, 1.807) is 6.07 Å². The number of aromatic nitrogens is 3. The molecule has 1 fully saturated rings. The first-order valence-corrected chi connectivity index (χ1v) is 6.61. The van der Waals surface area contributed by atoms with Crippen molar-refractivity contribution in [3.8, 4) is 0 Å². The van der Waals surface area contributed by atoms with Crippen LogP contribution in [0.2, 0.25) is 10.0 Å². The largest absolute Gasteiger partial charge is 0.314 e. The van der Waals surface area contributed by atoms with E-state index in [0.717, 1.165) is 43.9 Å². The molecule has 0 amide bonds. The van der Waals surface area contributed by atoms with E-state index in [1.165, 1.54) is 0 Å². The van der Waals surface area contributed by atoms with Crippen LogP contribution >= 0.6 is 23.2 Å². The van der Waals surface area contributed by atoms with Gasteiger partial charge >= 0.3 is 0 Å². The highest BCUT2D eigenvalue weighted by atomic mass is 35.5. The van der Waals surface area contributed by atoms with E-state index in [4.69, 9.17) is 23.2 Å². The lowest BCUT2D eigenvalue weighted by molar-refractivity contribution is 0.185. The van der Waals surface area contributed by atoms with Gasteiger partial charge in [0.1, 0.15) is 5.52 Å². The average Bonchev–Trinajstić information content (AvgIpc) is 2.74. The Morgan fingerprint density at radius 2 is 1.89 bits per heavy atom. The first kappa shape index (κ1) is 12.2. The molecule has 2 heterocycles. The summed E-state index contributed by atoms with van der Waals surface area (Å²) < 4.78 is 1.86. The van der Waals surface area contributed by atoms with Crippen molar-refractivity contribution in [2.24, 2.45) is 0 Å². The molecule has 96 valence electrons. The summed E-state index contributed by atoms with van der Waals surface area (Å²) in [6.07, 6.45) is 0. The van der Waals surface area contributed by atoms with Gasteiger partial charge < -0.3 is 5.32 Å². The fourth-order valence-corrected chi connectivity index (χ4v) is 2.43. The number of nitrogens with zero attached hydrogens (tertiary/aromatic N) is 4. The van der Waals surface area contributed by atoms with Crippen molar-refractivity contribution >= 4 is 34.2 Å². The van der Waals surface area contributed by atoms with Crippen LogP contribution in [-0.2, 0) is 6.67 Å². The van der Waals surface area contributed by atoms with Gasteiger partial charge in [0.15, 0.2) is 0 Å². The number of benzene rings is 1. The van der Waals surface area contributed by atoms with Gasteiger partial charge in [-0.3, -0.25) is 4.90 Å². The Kier molecular flexibility index (Phi) is 3.39. The third-order valence-electron chi connectivity index (χ3n) is 3.10. The summed E-state index contributed by atoms with van der Waals surface area (Å²) in [4.78, 5) is 2.33. The van der Waals surface area contributed by atoms with Crippen molar-refractivity contribution in [2.75, 3.05) is 26.2 Å². The molecule has 18 heavy (non-hydrogen) atoms. The number of nitrogens with one attached hydrogen (secondary N) is 1. The van der Waals surface area contributed by atoms with Crippen LogP contribution in [0.3, 0.4) is 0 Å². The second-order valence-electron chi connectivity index (χ2n) is 4.35. The molecular formula is C11H13Cl2N5. The summed E-state index contributed by atoms with van der Waals surface area (Å²) in [6.45, 7) is 4.79. The minimum atomic E-state index is 0.512. The zero-order valence-corrected chi connectivity index (χ0v) is 11.2. The maximum Gasteiger partial charge on any atom is 0.114 e. The van der Waals surface area contributed by atoms with E-state index in [-0.39, 0.29) is 0 Å². The maximum absolute atomic E-state index is 6.03. The lowest BCUT2D eigenvalue weighted by atomic mass is 10.3. The topological polar surface area (TPSA) is 46.0 Å². The molecule has 1 saturated heterocycles. The SMILES string of the molecule is Clc1cc2nnn(CN3CCNCC3)c2cc1Cl. The molecule has 1 aromatic heterocycles. The van der Waals surface area contributed by atoms with Gasteiger partial charge in [0.2, 0.25) is 0 Å². The summed E-state index contributed by atoms with van der Waals surface area (Å²) in [5.41, 5.74) is 1.70. The molecule has 0 aliphatic carbocycles. The quantitative estimate of drug-likeness (QED) is 0.911. The Balaban J connectivity index is 1.89. The number of hydrogen-bond donors (Lipinski definition) is 1. The van der Waals surface area contributed by atoms with E-state index in [0.29, 0.717) is 10.0 Å². The number of rotatable bonds is 2. The van der Waals surface area contributed by atoms with E-state index in [9.17, 15) is 0 Å². The first-order chi connectivity index (χ1) is 8.74. The molecule has 1 aromatic carbocycles. The lowest BCUT2D eigenvalue weighted by Gasteiger charge is -2.26. The monoisotopic (exact) mass is 285 g/mol. The van der Waals surface area contributed by atoms with Crippen LogP contribution in [0.1, 0.15) is 0 Å². The number of hydrogen-bond acceptors (Lipinski definition) is 4. The second-order valence-corrected chi connectivity index (χ2v) is 5.17. The number of piperazine rings is 1. The van der Waals surface area contributed by atoms with Gasteiger partial charge in [-0.2, -0.15) is 0 Å². The van der Waals surface area contributed by atoms with Gasteiger partial charge in [-0.05, 0) is 12.1 Å². The summed E-state index contributed by atoms with van der Waals surface area (Å²) in [5.74, 6) is 0. The van der Waals surface area contributed by atoms with Crippen molar-refractivity contribution in [1.29, 1.82) is 0 Å². The van der Waals surface area contributed by atoms with Gasteiger partial charge in [0, 0.05) is 26.2 Å². The number of halogens is 2. The van der Waals surface area contributed by atoms with Crippen molar-refractivity contribution < 1.29 is 0 Å². The molecule has 1 N–H and O–H groups in total. The zero-order valence-electron chi connectivity index (χ0n) is 9.74. The summed E-state index contributed by atoms with van der Waals surface area (Å²) in [5, 5.41) is 12.6. The molecule has 1 aliphatic rings. The van der Waals surface area contributed by atoms with E-state index in [1.807, 2.05) is 10.7 Å². The van der Waals surface area contributed by atoms with Gasteiger partial charge in [-0.25, -0.2) is 4.68 Å². The van der Waals surface area contributed by atoms with Gasteiger partial charge in [0.25, 0.3) is 0 Å². The Labute approximate surface area is 115 Å².